The highest BCUT2D eigenvalue weighted by Gasteiger charge is 2.31. The van der Waals surface area contributed by atoms with Gasteiger partial charge in [0.1, 0.15) is 11.9 Å². The standard InChI is InChI=1S/C17H23N3O3/c1-3-4-5-16-18-14-7-6-11(8-13(14)17(22)19-16)15-9-12(10-21)23-20(15)2/h6-8,12,15,21H,3-5,9-10H2,1-2H3,(H,18,19,22)/t12-,15+/m0/s1. The maximum absolute atomic E-state index is 12.3. The van der Waals surface area contributed by atoms with E-state index in [1.165, 1.54) is 0 Å². The molecule has 2 N–H and O–H groups in total. The molecule has 1 saturated heterocycles. The molecule has 0 amide bonds. The molecule has 2 atom stereocenters. The van der Waals surface area contributed by atoms with Gasteiger partial charge in [-0.05, 0) is 30.5 Å². The van der Waals surface area contributed by atoms with Crippen molar-refractivity contribution >= 4 is 10.9 Å². The number of aromatic amines is 1. The first kappa shape index (κ1) is 16.1. The van der Waals surface area contributed by atoms with Gasteiger partial charge in [-0.25, -0.2) is 0 Å². The van der Waals surface area contributed by atoms with Crippen molar-refractivity contribution in [2.24, 2.45) is 0 Å². The summed E-state index contributed by atoms with van der Waals surface area (Å²) in [6.07, 6.45) is 3.40. The fourth-order valence-corrected chi connectivity index (χ4v) is 3.09. The van der Waals surface area contributed by atoms with Crippen molar-refractivity contribution in [2.45, 2.75) is 44.8 Å². The molecule has 2 aromatic rings. The molecule has 1 fully saturated rings. The molecule has 0 bridgehead atoms. The van der Waals surface area contributed by atoms with Gasteiger partial charge < -0.3 is 10.1 Å². The predicted molar refractivity (Wildman–Crippen MR) is 88.1 cm³/mol. The number of aromatic nitrogens is 2. The number of benzene rings is 1. The van der Waals surface area contributed by atoms with E-state index in [1.807, 2.05) is 25.2 Å². The molecule has 0 saturated carbocycles. The van der Waals surface area contributed by atoms with Crippen molar-refractivity contribution in [3.8, 4) is 0 Å². The third kappa shape index (κ3) is 3.29. The molecule has 1 aromatic heterocycles. The number of fused-ring (bicyclic) bond motifs is 1. The largest absolute Gasteiger partial charge is 0.394 e. The topological polar surface area (TPSA) is 78.5 Å². The zero-order valence-corrected chi connectivity index (χ0v) is 13.6. The van der Waals surface area contributed by atoms with Crippen LogP contribution in [0.15, 0.2) is 23.0 Å². The summed E-state index contributed by atoms with van der Waals surface area (Å²) in [7, 11) is 1.85. The fourth-order valence-electron chi connectivity index (χ4n) is 3.09. The number of hydroxylamine groups is 2. The van der Waals surface area contributed by atoms with Gasteiger partial charge in [-0.1, -0.05) is 19.4 Å². The Bertz CT molecular complexity index is 743. The Balaban J connectivity index is 1.93. The van der Waals surface area contributed by atoms with Crippen LogP contribution in [0.1, 0.15) is 43.6 Å². The SMILES string of the molecule is CCCCc1nc(=O)c2cc([C@H]3C[C@@H](CO)ON3C)ccc2[nH]1. The van der Waals surface area contributed by atoms with Crippen LogP contribution in [0.25, 0.3) is 10.9 Å². The van der Waals surface area contributed by atoms with Gasteiger partial charge in [-0.15, -0.1) is 0 Å². The zero-order chi connectivity index (χ0) is 16.4. The van der Waals surface area contributed by atoms with Crippen LogP contribution in [0.2, 0.25) is 0 Å². The maximum Gasteiger partial charge on any atom is 0.280 e. The van der Waals surface area contributed by atoms with Crippen LogP contribution in [0.3, 0.4) is 0 Å². The number of rotatable bonds is 5. The number of aryl methyl sites for hydroxylation is 1. The van der Waals surface area contributed by atoms with Crippen LogP contribution >= 0.6 is 0 Å². The molecule has 23 heavy (non-hydrogen) atoms. The van der Waals surface area contributed by atoms with Gasteiger partial charge in [0.15, 0.2) is 0 Å². The third-order valence-corrected chi connectivity index (χ3v) is 4.39. The van der Waals surface area contributed by atoms with Crippen LogP contribution in [-0.4, -0.2) is 39.9 Å². The minimum atomic E-state index is -0.188. The summed E-state index contributed by atoms with van der Waals surface area (Å²) >= 11 is 0. The van der Waals surface area contributed by atoms with E-state index in [9.17, 15) is 9.90 Å². The Kier molecular flexibility index (Phi) is 4.75. The third-order valence-electron chi connectivity index (χ3n) is 4.39. The van der Waals surface area contributed by atoms with Crippen molar-refractivity contribution in [3.63, 3.8) is 0 Å². The lowest BCUT2D eigenvalue weighted by atomic mass is 10.0. The Morgan fingerprint density at radius 1 is 1.48 bits per heavy atom. The molecular weight excluding hydrogens is 294 g/mol. The first-order valence-corrected chi connectivity index (χ1v) is 8.15. The molecule has 3 rings (SSSR count). The minimum Gasteiger partial charge on any atom is -0.394 e. The quantitative estimate of drug-likeness (QED) is 0.881. The van der Waals surface area contributed by atoms with Crippen molar-refractivity contribution in [2.75, 3.05) is 13.7 Å². The number of hydrogen-bond acceptors (Lipinski definition) is 5. The van der Waals surface area contributed by atoms with Crippen molar-refractivity contribution < 1.29 is 9.94 Å². The molecule has 0 spiro atoms. The van der Waals surface area contributed by atoms with E-state index < -0.39 is 0 Å². The van der Waals surface area contributed by atoms with E-state index >= 15 is 0 Å². The van der Waals surface area contributed by atoms with Crippen LogP contribution in [-0.2, 0) is 11.3 Å². The van der Waals surface area contributed by atoms with Gasteiger partial charge in [0.2, 0.25) is 0 Å². The lowest BCUT2D eigenvalue weighted by Gasteiger charge is -2.18. The number of H-pyrrole nitrogens is 1. The molecule has 2 heterocycles. The average Bonchev–Trinajstić information content (AvgIpc) is 2.94. The minimum absolute atomic E-state index is 0.00263. The summed E-state index contributed by atoms with van der Waals surface area (Å²) in [5, 5.41) is 11.6. The van der Waals surface area contributed by atoms with E-state index in [-0.39, 0.29) is 24.3 Å². The first-order chi connectivity index (χ1) is 11.1. The number of nitrogens with one attached hydrogen (secondary N) is 1. The molecule has 0 aliphatic carbocycles. The highest BCUT2D eigenvalue weighted by molar-refractivity contribution is 5.78. The lowest BCUT2D eigenvalue weighted by molar-refractivity contribution is -0.153. The number of aliphatic hydroxyl groups excluding tert-OH is 1. The number of aliphatic hydroxyl groups is 1. The van der Waals surface area contributed by atoms with Gasteiger partial charge in [-0.2, -0.15) is 10.0 Å². The summed E-state index contributed by atoms with van der Waals surface area (Å²) in [5.74, 6) is 0.749. The monoisotopic (exact) mass is 317 g/mol. The van der Waals surface area contributed by atoms with E-state index in [0.717, 1.165) is 36.2 Å². The second kappa shape index (κ2) is 6.78. The van der Waals surface area contributed by atoms with Crippen molar-refractivity contribution in [3.05, 3.63) is 39.9 Å². The van der Waals surface area contributed by atoms with E-state index in [1.54, 1.807) is 5.06 Å². The smallest absolute Gasteiger partial charge is 0.280 e. The van der Waals surface area contributed by atoms with Gasteiger partial charge in [0.25, 0.3) is 5.56 Å². The predicted octanol–water partition coefficient (Wildman–Crippen LogP) is 1.93. The van der Waals surface area contributed by atoms with Gasteiger partial charge >= 0.3 is 0 Å². The normalized spacial score (nSPS) is 22.0. The van der Waals surface area contributed by atoms with E-state index in [4.69, 9.17) is 4.84 Å². The lowest BCUT2D eigenvalue weighted by Crippen LogP contribution is -2.18. The van der Waals surface area contributed by atoms with E-state index in [2.05, 4.69) is 16.9 Å². The van der Waals surface area contributed by atoms with Gasteiger partial charge in [-0.3, -0.25) is 9.63 Å². The summed E-state index contributed by atoms with van der Waals surface area (Å²) in [6.45, 7) is 2.11. The Labute approximate surface area is 135 Å². The molecule has 1 aliphatic rings. The Morgan fingerprint density at radius 3 is 3.00 bits per heavy atom. The van der Waals surface area contributed by atoms with Crippen LogP contribution in [0.4, 0.5) is 0 Å². The Hall–Kier alpha value is -1.76. The van der Waals surface area contributed by atoms with Gasteiger partial charge in [0, 0.05) is 13.5 Å². The summed E-state index contributed by atoms with van der Waals surface area (Å²) < 4.78 is 0. The van der Waals surface area contributed by atoms with E-state index in [0.29, 0.717) is 11.8 Å². The highest BCUT2D eigenvalue weighted by Crippen LogP contribution is 2.33. The van der Waals surface area contributed by atoms with Crippen LogP contribution in [0.5, 0.6) is 0 Å². The summed E-state index contributed by atoms with van der Waals surface area (Å²) in [4.78, 5) is 25.3. The molecule has 0 unspecified atom stereocenters. The number of hydrogen-bond donors (Lipinski definition) is 2. The number of nitrogens with zero attached hydrogens (tertiary/aromatic N) is 2. The maximum atomic E-state index is 12.3. The summed E-state index contributed by atoms with van der Waals surface area (Å²) in [5.41, 5.74) is 1.64. The van der Waals surface area contributed by atoms with Crippen molar-refractivity contribution in [1.82, 2.24) is 15.0 Å². The van der Waals surface area contributed by atoms with Crippen LogP contribution in [0, 0.1) is 0 Å². The van der Waals surface area contributed by atoms with Crippen molar-refractivity contribution in [1.29, 1.82) is 0 Å². The molecule has 6 heteroatoms. The van der Waals surface area contributed by atoms with Gasteiger partial charge in [0.05, 0.1) is 23.6 Å². The molecule has 0 radical (unpaired) electrons. The fraction of sp³-hybridized carbons (Fsp3) is 0.529. The molecule has 124 valence electrons. The highest BCUT2D eigenvalue weighted by atomic mass is 16.7. The first-order valence-electron chi connectivity index (χ1n) is 8.15. The molecule has 1 aliphatic heterocycles. The number of unbranched alkanes of at least 4 members (excludes halogenated alkanes) is 1. The average molecular weight is 317 g/mol. The zero-order valence-electron chi connectivity index (χ0n) is 13.6. The molecule has 6 nitrogen and oxygen atoms in total. The van der Waals surface area contributed by atoms with Crippen LogP contribution < -0.4 is 5.56 Å². The molecule has 1 aromatic carbocycles. The molecular formula is C17H23N3O3. The second-order valence-electron chi connectivity index (χ2n) is 6.10. The second-order valence-corrected chi connectivity index (χ2v) is 6.10. The summed E-state index contributed by atoms with van der Waals surface area (Å²) in [6, 6.07) is 5.86. The Morgan fingerprint density at radius 2 is 2.30 bits per heavy atom.